The van der Waals surface area contributed by atoms with E-state index in [1.807, 2.05) is 0 Å². The maximum atomic E-state index is 5.78. The lowest BCUT2D eigenvalue weighted by Crippen LogP contribution is -2.35. The van der Waals surface area contributed by atoms with Gasteiger partial charge in [0.15, 0.2) is 0 Å². The standard InChI is InChI=1S/C17H37N3/c1-4-19(5-2)12-7-13-20(6-3)15-17-10-8-16(14-18)9-11-17/h16-17H,4-15,18H2,1-3H3. The van der Waals surface area contributed by atoms with Crippen molar-refractivity contribution in [1.82, 2.24) is 9.80 Å². The molecule has 0 heterocycles. The molecule has 0 aliphatic heterocycles. The topological polar surface area (TPSA) is 32.5 Å². The molecule has 0 spiro atoms. The minimum atomic E-state index is 0.809. The van der Waals surface area contributed by atoms with Gasteiger partial charge in [0.2, 0.25) is 0 Å². The van der Waals surface area contributed by atoms with Gasteiger partial charge in [-0.15, -0.1) is 0 Å². The van der Waals surface area contributed by atoms with E-state index in [1.54, 1.807) is 0 Å². The lowest BCUT2D eigenvalue weighted by Gasteiger charge is -2.32. The molecule has 0 aromatic rings. The second kappa shape index (κ2) is 10.6. The fourth-order valence-electron chi connectivity index (χ4n) is 3.45. The molecule has 2 N–H and O–H groups in total. The van der Waals surface area contributed by atoms with Crippen molar-refractivity contribution in [1.29, 1.82) is 0 Å². The second-order valence-corrected chi connectivity index (χ2v) is 6.40. The van der Waals surface area contributed by atoms with E-state index in [-0.39, 0.29) is 0 Å². The van der Waals surface area contributed by atoms with Gasteiger partial charge < -0.3 is 15.5 Å². The van der Waals surface area contributed by atoms with Crippen LogP contribution >= 0.6 is 0 Å². The third-order valence-electron chi connectivity index (χ3n) is 5.11. The summed E-state index contributed by atoms with van der Waals surface area (Å²) in [5, 5.41) is 0. The van der Waals surface area contributed by atoms with Crippen LogP contribution in [0.15, 0.2) is 0 Å². The molecule has 0 saturated heterocycles. The van der Waals surface area contributed by atoms with Gasteiger partial charge in [-0.25, -0.2) is 0 Å². The molecule has 20 heavy (non-hydrogen) atoms. The Morgan fingerprint density at radius 1 is 0.800 bits per heavy atom. The summed E-state index contributed by atoms with van der Waals surface area (Å²) < 4.78 is 0. The van der Waals surface area contributed by atoms with E-state index in [0.717, 1.165) is 18.4 Å². The molecule has 0 aromatic carbocycles. The highest BCUT2D eigenvalue weighted by Gasteiger charge is 2.21. The van der Waals surface area contributed by atoms with Crippen molar-refractivity contribution in [2.45, 2.75) is 52.9 Å². The Morgan fingerprint density at radius 2 is 1.30 bits per heavy atom. The fourth-order valence-corrected chi connectivity index (χ4v) is 3.45. The third kappa shape index (κ3) is 6.55. The molecular weight excluding hydrogens is 246 g/mol. The Kier molecular flexibility index (Phi) is 9.49. The monoisotopic (exact) mass is 283 g/mol. The van der Waals surface area contributed by atoms with E-state index >= 15 is 0 Å². The zero-order valence-corrected chi connectivity index (χ0v) is 14.1. The summed E-state index contributed by atoms with van der Waals surface area (Å²) in [7, 11) is 0. The second-order valence-electron chi connectivity index (χ2n) is 6.40. The van der Waals surface area contributed by atoms with Crippen LogP contribution in [0.25, 0.3) is 0 Å². The van der Waals surface area contributed by atoms with Crippen molar-refractivity contribution in [2.24, 2.45) is 17.6 Å². The van der Waals surface area contributed by atoms with E-state index in [1.165, 1.54) is 71.4 Å². The van der Waals surface area contributed by atoms with Crippen LogP contribution in [0.1, 0.15) is 52.9 Å². The summed E-state index contributed by atoms with van der Waals surface area (Å²) in [6.07, 6.45) is 6.83. The molecule has 1 fully saturated rings. The average Bonchev–Trinajstić information content (AvgIpc) is 2.51. The van der Waals surface area contributed by atoms with Gasteiger partial charge in [-0.3, -0.25) is 0 Å². The summed E-state index contributed by atoms with van der Waals surface area (Å²) in [5.41, 5.74) is 5.78. The fraction of sp³-hybridized carbons (Fsp3) is 1.00. The predicted octanol–water partition coefficient (Wildman–Crippen LogP) is 2.81. The maximum Gasteiger partial charge on any atom is 0.000955 e. The molecule has 1 aliphatic carbocycles. The smallest absolute Gasteiger partial charge is 0.000955 e. The van der Waals surface area contributed by atoms with E-state index < -0.39 is 0 Å². The molecule has 0 bridgehead atoms. The molecule has 1 aliphatic rings. The highest BCUT2D eigenvalue weighted by Crippen LogP contribution is 2.28. The molecule has 0 radical (unpaired) electrons. The molecule has 1 rings (SSSR count). The maximum absolute atomic E-state index is 5.78. The number of rotatable bonds is 10. The van der Waals surface area contributed by atoms with Crippen LogP contribution in [0.3, 0.4) is 0 Å². The highest BCUT2D eigenvalue weighted by atomic mass is 15.1. The number of hydrogen-bond donors (Lipinski definition) is 1. The number of nitrogens with zero attached hydrogens (tertiary/aromatic N) is 2. The first-order valence-electron chi connectivity index (χ1n) is 8.88. The van der Waals surface area contributed by atoms with Crippen molar-refractivity contribution >= 4 is 0 Å². The van der Waals surface area contributed by atoms with Gasteiger partial charge in [0, 0.05) is 6.54 Å². The lowest BCUT2D eigenvalue weighted by atomic mass is 9.82. The first-order valence-corrected chi connectivity index (χ1v) is 8.88. The lowest BCUT2D eigenvalue weighted by molar-refractivity contribution is 0.178. The van der Waals surface area contributed by atoms with E-state index in [0.29, 0.717) is 0 Å². The van der Waals surface area contributed by atoms with Gasteiger partial charge in [0.1, 0.15) is 0 Å². The zero-order chi connectivity index (χ0) is 14.8. The minimum Gasteiger partial charge on any atom is -0.330 e. The molecule has 1 saturated carbocycles. The highest BCUT2D eigenvalue weighted by molar-refractivity contribution is 4.75. The van der Waals surface area contributed by atoms with Crippen LogP contribution in [0, 0.1) is 11.8 Å². The Bertz CT molecular complexity index is 220. The SMILES string of the molecule is CCN(CC)CCCN(CC)CC1CCC(CN)CC1. The number of hydrogen-bond acceptors (Lipinski definition) is 3. The van der Waals surface area contributed by atoms with Gasteiger partial charge in [-0.05, 0) is 83.2 Å². The molecule has 0 atom stereocenters. The summed E-state index contributed by atoms with van der Waals surface area (Å²) in [4.78, 5) is 5.19. The van der Waals surface area contributed by atoms with Crippen molar-refractivity contribution in [3.8, 4) is 0 Å². The Hall–Kier alpha value is -0.120. The van der Waals surface area contributed by atoms with E-state index in [2.05, 4.69) is 30.6 Å². The molecular formula is C17H37N3. The normalized spacial score (nSPS) is 23.7. The van der Waals surface area contributed by atoms with Crippen molar-refractivity contribution in [3.63, 3.8) is 0 Å². The Morgan fingerprint density at radius 3 is 1.80 bits per heavy atom. The Labute approximate surface area is 126 Å². The minimum absolute atomic E-state index is 0.809. The molecule has 0 unspecified atom stereocenters. The van der Waals surface area contributed by atoms with Crippen LogP contribution in [0.5, 0.6) is 0 Å². The molecule has 0 amide bonds. The van der Waals surface area contributed by atoms with Crippen molar-refractivity contribution in [2.75, 3.05) is 45.8 Å². The Balaban J connectivity index is 2.19. The van der Waals surface area contributed by atoms with Gasteiger partial charge in [-0.1, -0.05) is 20.8 Å². The molecule has 3 heteroatoms. The van der Waals surface area contributed by atoms with Crippen LogP contribution in [-0.2, 0) is 0 Å². The summed E-state index contributed by atoms with van der Waals surface area (Å²) in [5.74, 6) is 1.73. The van der Waals surface area contributed by atoms with Crippen LogP contribution in [-0.4, -0.2) is 55.6 Å². The summed E-state index contributed by atoms with van der Waals surface area (Å²) in [6.45, 7) is 15.1. The largest absolute Gasteiger partial charge is 0.330 e. The van der Waals surface area contributed by atoms with Gasteiger partial charge in [0.05, 0.1) is 0 Å². The quantitative estimate of drug-likeness (QED) is 0.669. The molecule has 120 valence electrons. The zero-order valence-electron chi connectivity index (χ0n) is 14.1. The van der Waals surface area contributed by atoms with Gasteiger partial charge in [-0.2, -0.15) is 0 Å². The van der Waals surface area contributed by atoms with Gasteiger partial charge in [0.25, 0.3) is 0 Å². The third-order valence-corrected chi connectivity index (χ3v) is 5.11. The predicted molar refractivity (Wildman–Crippen MR) is 89.0 cm³/mol. The van der Waals surface area contributed by atoms with Gasteiger partial charge >= 0.3 is 0 Å². The van der Waals surface area contributed by atoms with Crippen LogP contribution in [0.2, 0.25) is 0 Å². The van der Waals surface area contributed by atoms with Crippen LogP contribution in [0.4, 0.5) is 0 Å². The molecule has 0 aromatic heterocycles. The summed E-state index contributed by atoms with van der Waals surface area (Å²) >= 11 is 0. The van der Waals surface area contributed by atoms with E-state index in [9.17, 15) is 0 Å². The first-order chi connectivity index (χ1) is 9.73. The average molecular weight is 284 g/mol. The molecule has 3 nitrogen and oxygen atoms in total. The summed E-state index contributed by atoms with van der Waals surface area (Å²) in [6, 6.07) is 0. The van der Waals surface area contributed by atoms with Crippen LogP contribution < -0.4 is 5.73 Å². The van der Waals surface area contributed by atoms with E-state index in [4.69, 9.17) is 5.73 Å². The van der Waals surface area contributed by atoms with Crippen molar-refractivity contribution < 1.29 is 0 Å². The number of nitrogens with two attached hydrogens (primary N) is 1. The van der Waals surface area contributed by atoms with Crippen molar-refractivity contribution in [3.05, 3.63) is 0 Å². The first kappa shape index (κ1) is 17.9.